The molecular weight excluding hydrogens is 292 g/mol. The minimum Gasteiger partial charge on any atom is -0.317 e. The summed E-state index contributed by atoms with van der Waals surface area (Å²) in [4.78, 5) is 9.53. The summed E-state index contributed by atoms with van der Waals surface area (Å²) in [7, 11) is 0. The summed E-state index contributed by atoms with van der Waals surface area (Å²) in [6.07, 6.45) is 2.12. The molecule has 2 aliphatic rings. The van der Waals surface area contributed by atoms with Crippen LogP contribution in [0.4, 0.5) is 0 Å². The van der Waals surface area contributed by atoms with Crippen LogP contribution in [0, 0.1) is 0 Å². The molecule has 0 radical (unpaired) electrons. The maximum atomic E-state index is 4.51. The van der Waals surface area contributed by atoms with E-state index in [1.54, 1.807) is 23.5 Å². The van der Waals surface area contributed by atoms with Crippen molar-refractivity contribution in [2.24, 2.45) is 4.99 Å². The van der Waals surface area contributed by atoms with Crippen LogP contribution in [0.3, 0.4) is 0 Å². The molecular formula is C14H12N2S3. The number of nitrogens with zero attached hydrogens (tertiary/aromatic N) is 2. The standard InChI is InChI=1S/C14H12N2S3/c1-17-10-3-2-9-6-13(19-12(9)7-10)11-8-18-14-15-4-5-16(11)14/h2-3,6-8H,4-5H2,1H3. The first kappa shape index (κ1) is 11.9. The predicted molar refractivity (Wildman–Crippen MR) is 88.2 cm³/mol. The molecule has 2 aromatic rings. The molecule has 5 heteroatoms. The van der Waals surface area contributed by atoms with E-state index in [0.717, 1.165) is 18.3 Å². The van der Waals surface area contributed by atoms with Gasteiger partial charge < -0.3 is 4.90 Å². The highest BCUT2D eigenvalue weighted by Crippen LogP contribution is 2.40. The maximum absolute atomic E-state index is 4.51. The molecule has 1 aromatic heterocycles. The van der Waals surface area contributed by atoms with Gasteiger partial charge in [0.05, 0.1) is 17.1 Å². The Bertz CT molecular complexity index is 715. The van der Waals surface area contributed by atoms with Gasteiger partial charge in [-0.3, -0.25) is 4.99 Å². The fourth-order valence-corrected chi connectivity index (χ4v) is 5.05. The summed E-state index contributed by atoms with van der Waals surface area (Å²) >= 11 is 5.43. The molecule has 0 saturated heterocycles. The van der Waals surface area contributed by atoms with Crippen LogP contribution in [0.2, 0.25) is 0 Å². The zero-order valence-electron chi connectivity index (χ0n) is 10.4. The van der Waals surface area contributed by atoms with Crippen molar-refractivity contribution in [1.29, 1.82) is 0 Å². The molecule has 19 heavy (non-hydrogen) atoms. The van der Waals surface area contributed by atoms with Gasteiger partial charge in [-0.25, -0.2) is 0 Å². The van der Waals surface area contributed by atoms with Gasteiger partial charge in [0.15, 0.2) is 5.17 Å². The summed E-state index contributed by atoms with van der Waals surface area (Å²) in [5.41, 5.74) is 1.33. The van der Waals surface area contributed by atoms with Crippen LogP contribution in [-0.2, 0) is 0 Å². The molecule has 0 bridgehead atoms. The van der Waals surface area contributed by atoms with Gasteiger partial charge >= 0.3 is 0 Å². The topological polar surface area (TPSA) is 15.6 Å². The van der Waals surface area contributed by atoms with E-state index in [4.69, 9.17) is 0 Å². The van der Waals surface area contributed by atoms with Gasteiger partial charge in [0.25, 0.3) is 0 Å². The number of aliphatic imine (C=N–C) groups is 1. The van der Waals surface area contributed by atoms with E-state index < -0.39 is 0 Å². The Balaban J connectivity index is 1.78. The highest BCUT2D eigenvalue weighted by Gasteiger charge is 2.27. The Morgan fingerprint density at radius 2 is 2.26 bits per heavy atom. The van der Waals surface area contributed by atoms with Gasteiger partial charge in [0.1, 0.15) is 0 Å². The van der Waals surface area contributed by atoms with Crippen molar-refractivity contribution in [3.8, 4) is 0 Å². The van der Waals surface area contributed by atoms with Crippen molar-refractivity contribution < 1.29 is 0 Å². The fraction of sp³-hybridized carbons (Fsp3) is 0.214. The van der Waals surface area contributed by atoms with Crippen molar-refractivity contribution in [2.75, 3.05) is 19.3 Å². The fourth-order valence-electron chi connectivity index (χ4n) is 2.38. The van der Waals surface area contributed by atoms with E-state index in [9.17, 15) is 0 Å². The monoisotopic (exact) mass is 304 g/mol. The molecule has 2 aliphatic heterocycles. The molecule has 0 spiro atoms. The molecule has 0 atom stereocenters. The Morgan fingerprint density at radius 3 is 3.16 bits per heavy atom. The number of fused-ring (bicyclic) bond motifs is 2. The zero-order chi connectivity index (χ0) is 12.8. The van der Waals surface area contributed by atoms with Crippen LogP contribution in [0.1, 0.15) is 4.88 Å². The van der Waals surface area contributed by atoms with Crippen LogP contribution in [0.15, 0.2) is 39.6 Å². The molecule has 0 fully saturated rings. The molecule has 4 rings (SSSR count). The van der Waals surface area contributed by atoms with Crippen LogP contribution in [0.25, 0.3) is 15.8 Å². The number of hydrogen-bond donors (Lipinski definition) is 0. The molecule has 0 saturated carbocycles. The highest BCUT2D eigenvalue weighted by molar-refractivity contribution is 8.16. The Labute approximate surface area is 124 Å². The van der Waals surface area contributed by atoms with Crippen LogP contribution >= 0.6 is 34.9 Å². The average molecular weight is 304 g/mol. The van der Waals surface area contributed by atoms with Crippen molar-refractivity contribution in [3.05, 3.63) is 34.6 Å². The number of amidine groups is 1. The third-order valence-corrected chi connectivity index (χ3v) is 6.10. The molecule has 96 valence electrons. The highest BCUT2D eigenvalue weighted by atomic mass is 32.2. The Morgan fingerprint density at radius 1 is 1.32 bits per heavy atom. The smallest absolute Gasteiger partial charge is 0.168 e. The molecule has 3 heterocycles. The van der Waals surface area contributed by atoms with Crippen molar-refractivity contribution in [3.63, 3.8) is 0 Å². The van der Waals surface area contributed by atoms with E-state index in [1.165, 1.54) is 25.6 Å². The summed E-state index contributed by atoms with van der Waals surface area (Å²) < 4.78 is 1.37. The lowest BCUT2D eigenvalue weighted by Crippen LogP contribution is -2.19. The van der Waals surface area contributed by atoms with E-state index in [1.807, 2.05) is 11.3 Å². The predicted octanol–water partition coefficient (Wildman–Crippen LogP) is 4.34. The first-order valence-electron chi connectivity index (χ1n) is 6.12. The van der Waals surface area contributed by atoms with Gasteiger partial charge in [0.2, 0.25) is 0 Å². The minimum atomic E-state index is 0.932. The van der Waals surface area contributed by atoms with E-state index in [-0.39, 0.29) is 0 Å². The molecule has 0 aliphatic carbocycles. The van der Waals surface area contributed by atoms with E-state index in [0.29, 0.717) is 0 Å². The Hall–Kier alpha value is -0.910. The summed E-state index contributed by atoms with van der Waals surface area (Å²) in [5.74, 6) is 0. The maximum Gasteiger partial charge on any atom is 0.168 e. The first-order chi connectivity index (χ1) is 9.35. The number of hydrogen-bond acceptors (Lipinski definition) is 5. The van der Waals surface area contributed by atoms with Gasteiger partial charge in [-0.1, -0.05) is 17.8 Å². The normalized spacial score (nSPS) is 17.8. The van der Waals surface area contributed by atoms with Gasteiger partial charge in [-0.05, 0) is 29.8 Å². The summed E-state index contributed by atoms with van der Waals surface area (Å²) in [6, 6.07) is 9.01. The van der Waals surface area contributed by atoms with Crippen LogP contribution in [-0.4, -0.2) is 29.4 Å². The minimum absolute atomic E-state index is 0.932. The third kappa shape index (κ3) is 1.91. The Kier molecular flexibility index (Phi) is 2.86. The number of thiophene rings is 1. The molecule has 0 amide bonds. The third-order valence-electron chi connectivity index (χ3n) is 3.35. The number of benzene rings is 1. The van der Waals surface area contributed by atoms with Crippen molar-refractivity contribution >= 4 is 55.8 Å². The largest absolute Gasteiger partial charge is 0.317 e. The number of thioether (sulfide) groups is 2. The van der Waals surface area contributed by atoms with Crippen molar-refractivity contribution in [2.45, 2.75) is 4.90 Å². The number of rotatable bonds is 2. The van der Waals surface area contributed by atoms with E-state index >= 15 is 0 Å². The second-order valence-corrected chi connectivity index (χ2v) is 7.25. The lowest BCUT2D eigenvalue weighted by Gasteiger charge is -2.14. The lowest BCUT2D eigenvalue weighted by atomic mass is 10.2. The van der Waals surface area contributed by atoms with Gasteiger partial charge in [0, 0.05) is 21.5 Å². The summed E-state index contributed by atoms with van der Waals surface area (Å²) in [6.45, 7) is 1.96. The lowest BCUT2D eigenvalue weighted by molar-refractivity contribution is 0.652. The molecule has 0 N–H and O–H groups in total. The molecule has 0 unspecified atom stereocenters. The van der Waals surface area contributed by atoms with Gasteiger partial charge in [-0.15, -0.1) is 23.1 Å². The zero-order valence-corrected chi connectivity index (χ0v) is 12.9. The summed E-state index contributed by atoms with van der Waals surface area (Å²) in [5, 5.41) is 4.74. The second-order valence-electron chi connectivity index (χ2n) is 4.45. The van der Waals surface area contributed by atoms with Crippen molar-refractivity contribution in [1.82, 2.24) is 4.90 Å². The second kappa shape index (κ2) is 4.58. The molecule has 1 aromatic carbocycles. The van der Waals surface area contributed by atoms with Crippen LogP contribution < -0.4 is 0 Å². The first-order valence-corrected chi connectivity index (χ1v) is 9.04. The van der Waals surface area contributed by atoms with Crippen LogP contribution in [0.5, 0.6) is 0 Å². The SMILES string of the molecule is CSc1ccc2cc(C3=CSC4=NCCN34)sc2c1. The average Bonchev–Trinajstić information content (AvgIpc) is 3.11. The van der Waals surface area contributed by atoms with E-state index in [2.05, 4.69) is 45.8 Å². The molecule has 2 nitrogen and oxygen atoms in total. The quantitative estimate of drug-likeness (QED) is 0.768. The van der Waals surface area contributed by atoms with Gasteiger partial charge in [-0.2, -0.15) is 0 Å².